The van der Waals surface area contributed by atoms with Gasteiger partial charge in [0.25, 0.3) is 0 Å². The van der Waals surface area contributed by atoms with E-state index in [0.717, 1.165) is 33.7 Å². The number of aromatic nitrogens is 1. The van der Waals surface area contributed by atoms with Crippen LogP contribution in [-0.2, 0) is 0 Å². The predicted molar refractivity (Wildman–Crippen MR) is 80.0 cm³/mol. The Hall–Kier alpha value is -1.88. The zero-order valence-corrected chi connectivity index (χ0v) is 12.1. The topological polar surface area (TPSA) is 43.4 Å². The van der Waals surface area contributed by atoms with Gasteiger partial charge in [-0.3, -0.25) is 0 Å². The molecule has 2 heterocycles. The van der Waals surface area contributed by atoms with E-state index in [1.54, 1.807) is 11.8 Å². The second kappa shape index (κ2) is 6.05. The molecular formula is C15H16N2O2S. The molecule has 1 N–H and O–H groups in total. The molecule has 1 aliphatic heterocycles. The summed E-state index contributed by atoms with van der Waals surface area (Å²) in [5, 5.41) is 3.99. The smallest absolute Gasteiger partial charge is 0.162 e. The summed E-state index contributed by atoms with van der Waals surface area (Å²) in [4.78, 5) is 5.59. The second-order valence-electron chi connectivity index (χ2n) is 4.37. The SMILES string of the molecule is CNc1cccc(Sc2ccc3c(c2)OCCCO3)n1. The quantitative estimate of drug-likeness (QED) is 0.937. The molecule has 0 amide bonds. The maximum absolute atomic E-state index is 5.70. The molecule has 0 unspecified atom stereocenters. The summed E-state index contributed by atoms with van der Waals surface area (Å²) in [6, 6.07) is 11.9. The van der Waals surface area contributed by atoms with Crippen molar-refractivity contribution in [2.45, 2.75) is 16.3 Å². The average molecular weight is 288 g/mol. The summed E-state index contributed by atoms with van der Waals surface area (Å²) in [5.41, 5.74) is 0. The van der Waals surface area contributed by atoms with Crippen LogP contribution in [0.15, 0.2) is 46.3 Å². The van der Waals surface area contributed by atoms with Crippen molar-refractivity contribution < 1.29 is 9.47 Å². The monoisotopic (exact) mass is 288 g/mol. The molecular weight excluding hydrogens is 272 g/mol. The summed E-state index contributed by atoms with van der Waals surface area (Å²) < 4.78 is 11.3. The number of nitrogens with zero attached hydrogens (tertiary/aromatic N) is 1. The lowest BCUT2D eigenvalue weighted by atomic mass is 10.3. The van der Waals surface area contributed by atoms with Crippen molar-refractivity contribution in [3.63, 3.8) is 0 Å². The molecule has 1 aromatic heterocycles. The van der Waals surface area contributed by atoms with E-state index in [1.165, 1.54) is 0 Å². The van der Waals surface area contributed by atoms with Crippen LogP contribution < -0.4 is 14.8 Å². The van der Waals surface area contributed by atoms with Gasteiger partial charge in [-0.2, -0.15) is 0 Å². The van der Waals surface area contributed by atoms with Gasteiger partial charge in [-0.25, -0.2) is 4.98 Å². The number of pyridine rings is 1. The molecule has 5 heteroatoms. The number of ether oxygens (including phenoxy) is 2. The lowest BCUT2D eigenvalue weighted by Crippen LogP contribution is -1.97. The summed E-state index contributed by atoms with van der Waals surface area (Å²) in [7, 11) is 1.87. The Morgan fingerprint density at radius 3 is 2.80 bits per heavy atom. The molecule has 4 nitrogen and oxygen atoms in total. The first-order valence-corrected chi connectivity index (χ1v) is 7.39. The van der Waals surface area contributed by atoms with Crippen LogP contribution in [0.5, 0.6) is 11.5 Å². The number of fused-ring (bicyclic) bond motifs is 1. The average Bonchev–Trinajstić information content (AvgIpc) is 2.72. The molecule has 1 aromatic carbocycles. The zero-order chi connectivity index (χ0) is 13.8. The minimum absolute atomic E-state index is 0.703. The fourth-order valence-electron chi connectivity index (χ4n) is 1.94. The van der Waals surface area contributed by atoms with Crippen molar-refractivity contribution in [1.82, 2.24) is 4.98 Å². The Balaban J connectivity index is 1.82. The van der Waals surface area contributed by atoms with Gasteiger partial charge in [0.05, 0.1) is 13.2 Å². The molecule has 104 valence electrons. The van der Waals surface area contributed by atoms with Crippen LogP contribution in [-0.4, -0.2) is 25.2 Å². The Morgan fingerprint density at radius 1 is 1.10 bits per heavy atom. The van der Waals surface area contributed by atoms with Crippen molar-refractivity contribution in [3.8, 4) is 11.5 Å². The van der Waals surface area contributed by atoms with Gasteiger partial charge < -0.3 is 14.8 Å². The maximum atomic E-state index is 5.70. The molecule has 0 atom stereocenters. The number of hydrogen-bond acceptors (Lipinski definition) is 5. The van der Waals surface area contributed by atoms with Crippen LogP contribution in [0.25, 0.3) is 0 Å². The highest BCUT2D eigenvalue weighted by molar-refractivity contribution is 7.99. The Kier molecular flexibility index (Phi) is 3.97. The van der Waals surface area contributed by atoms with E-state index in [2.05, 4.69) is 10.3 Å². The fraction of sp³-hybridized carbons (Fsp3) is 0.267. The van der Waals surface area contributed by atoms with Gasteiger partial charge in [-0.05, 0) is 30.3 Å². The minimum Gasteiger partial charge on any atom is -0.490 e. The van der Waals surface area contributed by atoms with Crippen LogP contribution in [0, 0.1) is 0 Å². The van der Waals surface area contributed by atoms with E-state index < -0.39 is 0 Å². The third kappa shape index (κ3) is 2.99. The third-order valence-corrected chi connectivity index (χ3v) is 3.85. The Bertz CT molecular complexity index is 604. The summed E-state index contributed by atoms with van der Waals surface area (Å²) in [6.45, 7) is 1.42. The summed E-state index contributed by atoms with van der Waals surface area (Å²) in [6.07, 6.45) is 0.920. The van der Waals surface area contributed by atoms with Gasteiger partial charge >= 0.3 is 0 Å². The molecule has 0 fully saturated rings. The predicted octanol–water partition coefficient (Wildman–Crippen LogP) is 3.44. The molecule has 20 heavy (non-hydrogen) atoms. The third-order valence-electron chi connectivity index (χ3n) is 2.92. The molecule has 0 saturated carbocycles. The highest BCUT2D eigenvalue weighted by Crippen LogP contribution is 2.36. The first kappa shape index (κ1) is 13.1. The molecule has 1 aliphatic rings. The van der Waals surface area contributed by atoms with Crippen molar-refractivity contribution in [1.29, 1.82) is 0 Å². The number of benzene rings is 1. The summed E-state index contributed by atoms with van der Waals surface area (Å²) in [5.74, 6) is 2.50. The van der Waals surface area contributed by atoms with Gasteiger partial charge in [0.1, 0.15) is 10.8 Å². The fourth-order valence-corrected chi connectivity index (χ4v) is 2.77. The molecule has 2 aromatic rings. The zero-order valence-electron chi connectivity index (χ0n) is 11.3. The molecule has 3 rings (SSSR count). The van der Waals surface area contributed by atoms with Crippen molar-refractivity contribution >= 4 is 17.6 Å². The number of hydrogen-bond donors (Lipinski definition) is 1. The minimum atomic E-state index is 0.703. The van der Waals surface area contributed by atoms with Crippen LogP contribution >= 0.6 is 11.8 Å². The van der Waals surface area contributed by atoms with Gasteiger partial charge in [0.2, 0.25) is 0 Å². The lowest BCUT2D eigenvalue weighted by molar-refractivity contribution is 0.297. The van der Waals surface area contributed by atoms with Gasteiger partial charge in [-0.15, -0.1) is 0 Å². The first-order valence-electron chi connectivity index (χ1n) is 6.57. The van der Waals surface area contributed by atoms with Crippen LogP contribution in [0.1, 0.15) is 6.42 Å². The van der Waals surface area contributed by atoms with E-state index in [9.17, 15) is 0 Å². The van der Waals surface area contributed by atoms with Gasteiger partial charge in [-0.1, -0.05) is 17.8 Å². The molecule has 0 bridgehead atoms. The molecule has 0 aliphatic carbocycles. The number of anilines is 1. The largest absolute Gasteiger partial charge is 0.490 e. The van der Waals surface area contributed by atoms with Crippen molar-refractivity contribution in [3.05, 3.63) is 36.4 Å². The highest BCUT2D eigenvalue weighted by atomic mass is 32.2. The van der Waals surface area contributed by atoms with Crippen molar-refractivity contribution in [2.24, 2.45) is 0 Å². The van der Waals surface area contributed by atoms with Crippen LogP contribution in [0.4, 0.5) is 5.82 Å². The van der Waals surface area contributed by atoms with E-state index in [0.29, 0.717) is 13.2 Å². The van der Waals surface area contributed by atoms with Gasteiger partial charge in [0, 0.05) is 18.4 Å². The van der Waals surface area contributed by atoms with Crippen molar-refractivity contribution in [2.75, 3.05) is 25.6 Å². The van der Waals surface area contributed by atoms with E-state index in [-0.39, 0.29) is 0 Å². The molecule has 0 radical (unpaired) electrons. The first-order chi connectivity index (χ1) is 9.85. The van der Waals surface area contributed by atoms with Crippen LogP contribution in [0.2, 0.25) is 0 Å². The number of rotatable bonds is 3. The maximum Gasteiger partial charge on any atom is 0.162 e. The highest BCUT2D eigenvalue weighted by Gasteiger charge is 2.11. The van der Waals surface area contributed by atoms with Gasteiger partial charge in [0.15, 0.2) is 11.5 Å². The van der Waals surface area contributed by atoms with Crippen LogP contribution in [0.3, 0.4) is 0 Å². The van der Waals surface area contributed by atoms with E-state index >= 15 is 0 Å². The second-order valence-corrected chi connectivity index (χ2v) is 5.47. The number of nitrogens with one attached hydrogen (secondary N) is 1. The molecule has 0 spiro atoms. The van der Waals surface area contributed by atoms with E-state index in [1.807, 2.05) is 43.4 Å². The molecule has 0 saturated heterocycles. The lowest BCUT2D eigenvalue weighted by Gasteiger charge is -2.09. The Labute approximate surface area is 122 Å². The standard InChI is InChI=1S/C15H16N2O2S/c1-16-14-4-2-5-15(17-14)20-11-6-7-12-13(10-11)19-9-3-8-18-12/h2,4-7,10H,3,8-9H2,1H3,(H,16,17). The normalized spacial score (nSPS) is 13.7. The van der Waals surface area contributed by atoms with E-state index in [4.69, 9.17) is 9.47 Å². The Morgan fingerprint density at radius 2 is 1.95 bits per heavy atom. The summed E-state index contributed by atoms with van der Waals surface area (Å²) >= 11 is 1.61.